The van der Waals surface area contributed by atoms with E-state index in [9.17, 15) is 4.79 Å². The fourth-order valence-corrected chi connectivity index (χ4v) is 2.05. The number of hydrogen-bond donors (Lipinski definition) is 0. The van der Waals surface area contributed by atoms with Crippen LogP contribution >= 0.6 is 23.2 Å². The number of amides is 1. The first-order valence-corrected chi connectivity index (χ1v) is 6.00. The Labute approximate surface area is 95.5 Å². The average molecular weight is 238 g/mol. The van der Waals surface area contributed by atoms with Crippen LogP contribution < -0.4 is 0 Å². The number of halogens is 2. The molecule has 4 heteroatoms. The van der Waals surface area contributed by atoms with Crippen LogP contribution in [0.3, 0.4) is 0 Å². The summed E-state index contributed by atoms with van der Waals surface area (Å²) in [5.74, 6) is 1.37. The van der Waals surface area contributed by atoms with Crippen LogP contribution in [0.25, 0.3) is 0 Å². The molecule has 82 valence electrons. The lowest BCUT2D eigenvalue weighted by Gasteiger charge is -2.21. The molecule has 14 heavy (non-hydrogen) atoms. The van der Waals surface area contributed by atoms with Crippen molar-refractivity contribution in [3.05, 3.63) is 0 Å². The standard InChI is InChI=1S/C10H17Cl2NO/c1-10(2)7-8(10)9(14)13(5-3-11)6-4-12/h8H,3-7H2,1-2H3. The van der Waals surface area contributed by atoms with Gasteiger partial charge in [-0.2, -0.15) is 0 Å². The Kier molecular flexibility index (Phi) is 4.08. The molecule has 1 fully saturated rings. The zero-order valence-electron chi connectivity index (χ0n) is 8.72. The van der Waals surface area contributed by atoms with Gasteiger partial charge in [0.05, 0.1) is 0 Å². The fourth-order valence-electron chi connectivity index (χ4n) is 1.65. The zero-order chi connectivity index (χ0) is 10.8. The van der Waals surface area contributed by atoms with Gasteiger partial charge < -0.3 is 4.90 Å². The van der Waals surface area contributed by atoms with E-state index in [1.54, 1.807) is 4.90 Å². The highest BCUT2D eigenvalue weighted by molar-refractivity contribution is 6.18. The van der Waals surface area contributed by atoms with Crippen LogP contribution in [0.5, 0.6) is 0 Å². The third-order valence-electron chi connectivity index (χ3n) is 2.83. The minimum Gasteiger partial charge on any atom is -0.340 e. The van der Waals surface area contributed by atoms with E-state index in [-0.39, 0.29) is 17.2 Å². The summed E-state index contributed by atoms with van der Waals surface area (Å²) in [7, 11) is 0. The number of alkyl halides is 2. The summed E-state index contributed by atoms with van der Waals surface area (Å²) in [6, 6.07) is 0. The molecular weight excluding hydrogens is 221 g/mol. The molecule has 0 aromatic heterocycles. The molecular formula is C10H17Cl2NO. The highest BCUT2D eigenvalue weighted by Gasteiger charge is 2.51. The van der Waals surface area contributed by atoms with Gasteiger partial charge in [0, 0.05) is 30.8 Å². The van der Waals surface area contributed by atoms with E-state index in [4.69, 9.17) is 23.2 Å². The summed E-state index contributed by atoms with van der Waals surface area (Å²) in [4.78, 5) is 13.7. The van der Waals surface area contributed by atoms with Gasteiger partial charge >= 0.3 is 0 Å². The van der Waals surface area contributed by atoms with Gasteiger partial charge in [-0.05, 0) is 11.8 Å². The monoisotopic (exact) mass is 237 g/mol. The van der Waals surface area contributed by atoms with Crippen LogP contribution in [0, 0.1) is 11.3 Å². The Morgan fingerprint density at radius 2 is 1.79 bits per heavy atom. The van der Waals surface area contributed by atoms with Crippen LogP contribution in [0.4, 0.5) is 0 Å². The first-order chi connectivity index (χ1) is 6.53. The van der Waals surface area contributed by atoms with Crippen LogP contribution in [0.2, 0.25) is 0 Å². The summed E-state index contributed by atoms with van der Waals surface area (Å²) in [5, 5.41) is 0. The molecule has 0 N–H and O–H groups in total. The molecule has 1 rings (SSSR count). The molecule has 1 saturated carbocycles. The van der Waals surface area contributed by atoms with E-state index in [0.717, 1.165) is 6.42 Å². The van der Waals surface area contributed by atoms with Crippen molar-refractivity contribution >= 4 is 29.1 Å². The van der Waals surface area contributed by atoms with Crippen LogP contribution in [0.15, 0.2) is 0 Å². The van der Waals surface area contributed by atoms with Crippen molar-refractivity contribution in [1.82, 2.24) is 4.90 Å². The maximum atomic E-state index is 11.9. The molecule has 0 radical (unpaired) electrons. The fraction of sp³-hybridized carbons (Fsp3) is 0.900. The molecule has 1 amide bonds. The smallest absolute Gasteiger partial charge is 0.226 e. The Morgan fingerprint density at radius 1 is 1.36 bits per heavy atom. The number of nitrogens with zero attached hydrogens (tertiary/aromatic N) is 1. The maximum absolute atomic E-state index is 11.9. The van der Waals surface area contributed by atoms with Gasteiger partial charge in [-0.25, -0.2) is 0 Å². The van der Waals surface area contributed by atoms with Gasteiger partial charge in [0.2, 0.25) is 5.91 Å². The Balaban J connectivity index is 2.47. The van der Waals surface area contributed by atoms with Gasteiger partial charge in [-0.3, -0.25) is 4.79 Å². The zero-order valence-corrected chi connectivity index (χ0v) is 10.2. The third-order valence-corrected chi connectivity index (χ3v) is 3.17. The minimum atomic E-state index is 0.188. The lowest BCUT2D eigenvalue weighted by Crippen LogP contribution is -2.36. The molecule has 0 saturated heterocycles. The number of carbonyl (C=O) groups is 1. The highest BCUT2D eigenvalue weighted by atomic mass is 35.5. The second kappa shape index (κ2) is 4.71. The van der Waals surface area contributed by atoms with E-state index in [0.29, 0.717) is 24.8 Å². The predicted octanol–water partition coefficient (Wildman–Crippen LogP) is 2.34. The van der Waals surface area contributed by atoms with Crippen LogP contribution in [-0.2, 0) is 4.79 Å². The van der Waals surface area contributed by atoms with Crippen LogP contribution in [0.1, 0.15) is 20.3 Å². The van der Waals surface area contributed by atoms with Crippen molar-refractivity contribution in [2.24, 2.45) is 11.3 Å². The predicted molar refractivity (Wildman–Crippen MR) is 59.9 cm³/mol. The van der Waals surface area contributed by atoms with E-state index >= 15 is 0 Å². The molecule has 1 unspecified atom stereocenters. The summed E-state index contributed by atoms with van der Waals surface area (Å²) in [5.41, 5.74) is 0.188. The number of carbonyl (C=O) groups excluding carboxylic acids is 1. The minimum absolute atomic E-state index is 0.188. The van der Waals surface area contributed by atoms with Crippen molar-refractivity contribution in [2.45, 2.75) is 20.3 Å². The van der Waals surface area contributed by atoms with Crippen molar-refractivity contribution in [1.29, 1.82) is 0 Å². The molecule has 1 aliphatic carbocycles. The molecule has 0 aromatic carbocycles. The lowest BCUT2D eigenvalue weighted by molar-refractivity contribution is -0.132. The van der Waals surface area contributed by atoms with E-state index < -0.39 is 0 Å². The third kappa shape index (κ3) is 2.77. The summed E-state index contributed by atoms with van der Waals surface area (Å²) < 4.78 is 0. The average Bonchev–Trinajstić information content (AvgIpc) is 2.74. The molecule has 0 spiro atoms. The first kappa shape index (κ1) is 12.1. The number of hydrogen-bond acceptors (Lipinski definition) is 1. The summed E-state index contributed by atoms with van der Waals surface area (Å²) >= 11 is 11.3. The van der Waals surface area contributed by atoms with Gasteiger partial charge in [0.25, 0.3) is 0 Å². The maximum Gasteiger partial charge on any atom is 0.226 e. The first-order valence-electron chi connectivity index (χ1n) is 4.93. The largest absolute Gasteiger partial charge is 0.340 e. The van der Waals surface area contributed by atoms with E-state index in [1.807, 2.05) is 0 Å². The SMILES string of the molecule is CC1(C)CC1C(=O)N(CCCl)CCCl. The molecule has 0 bridgehead atoms. The lowest BCUT2D eigenvalue weighted by atomic mass is 10.1. The summed E-state index contributed by atoms with van der Waals surface area (Å²) in [6.45, 7) is 5.46. The van der Waals surface area contributed by atoms with Gasteiger partial charge in [0.1, 0.15) is 0 Å². The van der Waals surface area contributed by atoms with Crippen molar-refractivity contribution in [3.8, 4) is 0 Å². The van der Waals surface area contributed by atoms with E-state index in [2.05, 4.69) is 13.8 Å². The molecule has 0 aromatic rings. The van der Waals surface area contributed by atoms with Gasteiger partial charge in [-0.15, -0.1) is 23.2 Å². The normalized spacial score (nSPS) is 23.3. The highest BCUT2D eigenvalue weighted by Crippen LogP contribution is 2.52. The Hall–Kier alpha value is 0.0500. The summed E-state index contributed by atoms with van der Waals surface area (Å²) in [6.07, 6.45) is 0.993. The van der Waals surface area contributed by atoms with Crippen molar-refractivity contribution in [3.63, 3.8) is 0 Å². The quantitative estimate of drug-likeness (QED) is 0.673. The van der Waals surface area contributed by atoms with Crippen molar-refractivity contribution < 1.29 is 4.79 Å². The second-order valence-corrected chi connectivity index (χ2v) is 5.20. The molecule has 0 heterocycles. The molecule has 2 nitrogen and oxygen atoms in total. The van der Waals surface area contributed by atoms with Gasteiger partial charge in [-0.1, -0.05) is 13.8 Å². The second-order valence-electron chi connectivity index (χ2n) is 4.45. The topological polar surface area (TPSA) is 20.3 Å². The number of rotatable bonds is 5. The van der Waals surface area contributed by atoms with E-state index in [1.165, 1.54) is 0 Å². The molecule has 0 aliphatic heterocycles. The molecule has 1 aliphatic rings. The van der Waals surface area contributed by atoms with Crippen molar-refractivity contribution in [2.75, 3.05) is 24.8 Å². The Morgan fingerprint density at radius 3 is 2.07 bits per heavy atom. The Bertz CT molecular complexity index is 212. The van der Waals surface area contributed by atoms with Crippen LogP contribution in [-0.4, -0.2) is 35.7 Å². The van der Waals surface area contributed by atoms with Gasteiger partial charge in [0.15, 0.2) is 0 Å². The molecule has 1 atom stereocenters.